The highest BCUT2D eigenvalue weighted by atomic mass is 35.5. The lowest BCUT2D eigenvalue weighted by Crippen LogP contribution is -2.19. The molecule has 0 amide bonds. The van der Waals surface area contributed by atoms with Crippen molar-refractivity contribution in [2.24, 2.45) is 0 Å². The Bertz CT molecular complexity index is 694. The predicted molar refractivity (Wildman–Crippen MR) is 79.1 cm³/mol. The molecule has 0 unspecified atom stereocenters. The lowest BCUT2D eigenvalue weighted by Gasteiger charge is -2.18. The van der Waals surface area contributed by atoms with Gasteiger partial charge in [-0.25, -0.2) is 9.37 Å². The first-order valence-corrected chi connectivity index (χ1v) is 6.53. The van der Waals surface area contributed by atoms with Gasteiger partial charge in [-0.3, -0.25) is 10.1 Å². The van der Waals surface area contributed by atoms with Gasteiger partial charge in [0.15, 0.2) is 0 Å². The molecule has 0 N–H and O–H groups in total. The van der Waals surface area contributed by atoms with E-state index in [4.69, 9.17) is 11.6 Å². The molecule has 0 aliphatic carbocycles. The van der Waals surface area contributed by atoms with Gasteiger partial charge in [-0.15, -0.1) is 0 Å². The van der Waals surface area contributed by atoms with Crippen molar-refractivity contribution < 1.29 is 9.31 Å². The van der Waals surface area contributed by atoms with E-state index in [9.17, 15) is 14.5 Å². The Hall–Kier alpha value is -2.21. The zero-order valence-electron chi connectivity index (χ0n) is 11.5. The van der Waals surface area contributed by atoms with Gasteiger partial charge in [-0.05, 0) is 30.7 Å². The summed E-state index contributed by atoms with van der Waals surface area (Å²) in [6, 6.07) is 6.01. The van der Waals surface area contributed by atoms with E-state index in [1.807, 2.05) is 0 Å². The number of rotatable bonds is 4. The van der Waals surface area contributed by atoms with E-state index in [1.54, 1.807) is 31.0 Å². The van der Waals surface area contributed by atoms with E-state index in [1.165, 1.54) is 18.3 Å². The third-order valence-electron chi connectivity index (χ3n) is 3.05. The first-order valence-electron chi connectivity index (χ1n) is 6.15. The smallest absolute Gasteiger partial charge is 0.314 e. The minimum atomic E-state index is -0.519. The summed E-state index contributed by atoms with van der Waals surface area (Å²) in [5.74, 6) is -0.273. The standard InChI is InChI=1S/C14H13ClFN3O2/c1-9-5-6-17-14(13(9)19(20)21)18(2)8-10-3-4-11(15)12(16)7-10/h3-7H,8H2,1-2H3. The van der Waals surface area contributed by atoms with Crippen molar-refractivity contribution in [1.29, 1.82) is 0 Å². The molecule has 1 aromatic heterocycles. The Labute approximate surface area is 126 Å². The maximum atomic E-state index is 13.4. The van der Waals surface area contributed by atoms with Gasteiger partial charge in [0.2, 0.25) is 5.82 Å². The van der Waals surface area contributed by atoms with Crippen LogP contribution in [0.3, 0.4) is 0 Å². The first-order chi connectivity index (χ1) is 9.90. The predicted octanol–water partition coefficient (Wildman–Crippen LogP) is 3.73. The molecular formula is C14H13ClFN3O2. The number of benzene rings is 1. The van der Waals surface area contributed by atoms with Crippen molar-refractivity contribution in [3.05, 3.63) is 62.5 Å². The number of anilines is 1. The maximum absolute atomic E-state index is 13.4. The summed E-state index contributed by atoms with van der Waals surface area (Å²) in [6.07, 6.45) is 1.51. The molecule has 7 heteroatoms. The normalized spacial score (nSPS) is 10.5. The number of pyridine rings is 1. The molecule has 0 fully saturated rings. The molecule has 5 nitrogen and oxygen atoms in total. The Balaban J connectivity index is 2.32. The zero-order chi connectivity index (χ0) is 15.6. The van der Waals surface area contributed by atoms with E-state index in [0.717, 1.165) is 0 Å². The highest BCUT2D eigenvalue weighted by molar-refractivity contribution is 6.30. The Morgan fingerprint density at radius 3 is 2.76 bits per heavy atom. The van der Waals surface area contributed by atoms with Crippen molar-refractivity contribution in [3.63, 3.8) is 0 Å². The molecule has 0 saturated heterocycles. The molecule has 0 aliphatic rings. The van der Waals surface area contributed by atoms with E-state index in [2.05, 4.69) is 4.98 Å². The van der Waals surface area contributed by atoms with Crippen LogP contribution < -0.4 is 4.90 Å². The van der Waals surface area contributed by atoms with E-state index in [0.29, 0.717) is 11.1 Å². The summed E-state index contributed by atoms with van der Waals surface area (Å²) in [4.78, 5) is 16.4. The van der Waals surface area contributed by atoms with Crippen LogP contribution in [0.2, 0.25) is 5.02 Å². The number of hydrogen-bond acceptors (Lipinski definition) is 4. The Morgan fingerprint density at radius 2 is 2.14 bits per heavy atom. The molecule has 1 heterocycles. The van der Waals surface area contributed by atoms with Crippen molar-refractivity contribution >= 4 is 23.1 Å². The summed E-state index contributed by atoms with van der Waals surface area (Å²) >= 11 is 5.63. The number of hydrogen-bond donors (Lipinski definition) is 0. The molecule has 0 spiro atoms. The van der Waals surface area contributed by atoms with Crippen LogP contribution in [0.25, 0.3) is 0 Å². The topological polar surface area (TPSA) is 59.3 Å². The summed E-state index contributed by atoms with van der Waals surface area (Å²) in [6.45, 7) is 1.94. The average Bonchev–Trinajstić information content (AvgIpc) is 2.42. The van der Waals surface area contributed by atoms with Gasteiger partial charge in [-0.2, -0.15) is 0 Å². The summed E-state index contributed by atoms with van der Waals surface area (Å²) in [5, 5.41) is 11.2. The van der Waals surface area contributed by atoms with Gasteiger partial charge in [0.05, 0.1) is 9.95 Å². The van der Waals surface area contributed by atoms with Crippen molar-refractivity contribution in [2.75, 3.05) is 11.9 Å². The number of nitrogens with zero attached hydrogens (tertiary/aromatic N) is 3. The third kappa shape index (κ3) is 3.28. The quantitative estimate of drug-likeness (QED) is 0.638. The van der Waals surface area contributed by atoms with Crippen LogP contribution in [-0.2, 0) is 6.54 Å². The molecule has 0 saturated carbocycles. The summed E-state index contributed by atoms with van der Waals surface area (Å²) < 4.78 is 13.4. The van der Waals surface area contributed by atoms with Gasteiger partial charge >= 0.3 is 5.69 Å². The average molecular weight is 310 g/mol. The molecule has 0 bridgehead atoms. The molecular weight excluding hydrogens is 297 g/mol. The van der Waals surface area contributed by atoms with Crippen LogP contribution in [0.5, 0.6) is 0 Å². The van der Waals surface area contributed by atoms with Gasteiger partial charge < -0.3 is 4.90 Å². The van der Waals surface area contributed by atoms with E-state index in [-0.39, 0.29) is 23.1 Å². The van der Waals surface area contributed by atoms with Gasteiger partial charge in [0.25, 0.3) is 0 Å². The van der Waals surface area contributed by atoms with E-state index >= 15 is 0 Å². The molecule has 110 valence electrons. The monoisotopic (exact) mass is 309 g/mol. The Kier molecular flexibility index (Phi) is 4.37. The molecule has 21 heavy (non-hydrogen) atoms. The van der Waals surface area contributed by atoms with Crippen LogP contribution >= 0.6 is 11.6 Å². The molecule has 2 aromatic rings. The summed E-state index contributed by atoms with van der Waals surface area (Å²) in [7, 11) is 1.67. The third-order valence-corrected chi connectivity index (χ3v) is 3.36. The van der Waals surface area contributed by atoms with Crippen molar-refractivity contribution in [3.8, 4) is 0 Å². The molecule has 1 aromatic carbocycles. The largest absolute Gasteiger partial charge is 0.350 e. The number of aromatic nitrogens is 1. The lowest BCUT2D eigenvalue weighted by molar-refractivity contribution is -0.384. The van der Waals surface area contributed by atoms with Gasteiger partial charge in [-0.1, -0.05) is 17.7 Å². The second kappa shape index (κ2) is 6.05. The Morgan fingerprint density at radius 1 is 1.43 bits per heavy atom. The van der Waals surface area contributed by atoms with Crippen molar-refractivity contribution in [2.45, 2.75) is 13.5 Å². The fraction of sp³-hybridized carbons (Fsp3) is 0.214. The number of aryl methyl sites for hydroxylation is 1. The molecule has 0 aliphatic heterocycles. The second-order valence-corrected chi connectivity index (χ2v) is 5.07. The highest BCUT2D eigenvalue weighted by Gasteiger charge is 2.21. The minimum absolute atomic E-state index is 0.0427. The van der Waals surface area contributed by atoms with Crippen LogP contribution in [-0.4, -0.2) is 17.0 Å². The van der Waals surface area contributed by atoms with Crippen molar-refractivity contribution in [1.82, 2.24) is 4.98 Å². The van der Waals surface area contributed by atoms with Crippen LogP contribution in [0.4, 0.5) is 15.9 Å². The SMILES string of the molecule is Cc1ccnc(N(C)Cc2ccc(Cl)c(F)c2)c1[N+](=O)[O-]. The van der Waals surface area contributed by atoms with Gasteiger partial charge in [0, 0.05) is 25.4 Å². The lowest BCUT2D eigenvalue weighted by atomic mass is 10.2. The molecule has 2 rings (SSSR count). The first kappa shape index (κ1) is 15.2. The molecule has 0 atom stereocenters. The fourth-order valence-corrected chi connectivity index (χ4v) is 2.15. The van der Waals surface area contributed by atoms with E-state index < -0.39 is 10.7 Å². The van der Waals surface area contributed by atoms with Crippen LogP contribution in [0.15, 0.2) is 30.5 Å². The highest BCUT2D eigenvalue weighted by Crippen LogP contribution is 2.29. The molecule has 0 radical (unpaired) electrons. The van der Waals surface area contributed by atoms with Crippen LogP contribution in [0, 0.1) is 22.9 Å². The minimum Gasteiger partial charge on any atom is -0.350 e. The maximum Gasteiger partial charge on any atom is 0.314 e. The zero-order valence-corrected chi connectivity index (χ0v) is 12.3. The second-order valence-electron chi connectivity index (χ2n) is 4.66. The fourth-order valence-electron chi connectivity index (χ4n) is 2.03. The number of nitro groups is 1. The van der Waals surface area contributed by atoms with Gasteiger partial charge in [0.1, 0.15) is 5.82 Å². The summed E-state index contributed by atoms with van der Waals surface area (Å²) in [5.41, 5.74) is 1.13. The number of halogens is 2. The van der Waals surface area contributed by atoms with Crippen LogP contribution in [0.1, 0.15) is 11.1 Å².